The zero-order valence-electron chi connectivity index (χ0n) is 11.3. The van der Waals surface area contributed by atoms with Crippen LogP contribution in [0.2, 0.25) is 0 Å². The summed E-state index contributed by atoms with van der Waals surface area (Å²) in [5.74, 6) is 0.161. The van der Waals surface area contributed by atoms with Crippen LogP contribution < -0.4 is 5.73 Å². The first-order chi connectivity index (χ1) is 9.63. The van der Waals surface area contributed by atoms with Gasteiger partial charge in [-0.3, -0.25) is 4.79 Å². The molecule has 2 aromatic rings. The molecule has 1 aliphatic rings. The van der Waals surface area contributed by atoms with Gasteiger partial charge in [0.2, 0.25) is 5.91 Å². The molecule has 1 fully saturated rings. The zero-order chi connectivity index (χ0) is 14.1. The maximum atomic E-state index is 12.2. The number of fused-ring (bicyclic) bond motifs is 1. The molecule has 2 N–H and O–H groups in total. The monoisotopic (exact) mass is 291 g/mol. The maximum absolute atomic E-state index is 12.2. The molecule has 1 saturated heterocycles. The molecule has 0 saturated carbocycles. The number of hydrogen-bond donors (Lipinski definition) is 1. The molecule has 1 atom stereocenters. The lowest BCUT2D eigenvalue weighted by molar-refractivity contribution is -0.129. The third-order valence-electron chi connectivity index (χ3n) is 3.44. The van der Waals surface area contributed by atoms with E-state index in [-0.39, 0.29) is 11.2 Å². The molecular formula is C14H17N3O2S. The molecule has 6 heteroatoms. The number of benzene rings is 1. The van der Waals surface area contributed by atoms with E-state index in [2.05, 4.69) is 4.98 Å². The van der Waals surface area contributed by atoms with Crippen molar-refractivity contribution in [3.05, 3.63) is 18.2 Å². The van der Waals surface area contributed by atoms with Gasteiger partial charge in [-0.15, -0.1) is 0 Å². The SMILES string of the molecule is CC(Sc1nc2cc(N)ccc2o1)C(=O)N1CCCC1. The summed E-state index contributed by atoms with van der Waals surface area (Å²) in [5, 5.41) is 0.337. The highest BCUT2D eigenvalue weighted by Gasteiger charge is 2.25. The highest BCUT2D eigenvalue weighted by atomic mass is 32.2. The highest BCUT2D eigenvalue weighted by Crippen LogP contribution is 2.29. The minimum Gasteiger partial charge on any atom is -0.431 e. The number of likely N-dealkylation sites (tertiary alicyclic amines) is 1. The molecule has 0 spiro atoms. The summed E-state index contributed by atoms with van der Waals surface area (Å²) in [7, 11) is 0. The molecule has 1 amide bonds. The molecule has 1 aromatic carbocycles. The van der Waals surface area contributed by atoms with Crippen LogP contribution in [0.1, 0.15) is 19.8 Å². The quantitative estimate of drug-likeness (QED) is 0.695. The number of nitrogen functional groups attached to an aromatic ring is 1. The largest absolute Gasteiger partial charge is 0.431 e. The maximum Gasteiger partial charge on any atom is 0.257 e. The van der Waals surface area contributed by atoms with Gasteiger partial charge in [-0.2, -0.15) is 0 Å². The van der Waals surface area contributed by atoms with Crippen molar-refractivity contribution in [3.63, 3.8) is 0 Å². The van der Waals surface area contributed by atoms with E-state index in [1.165, 1.54) is 11.8 Å². The number of amides is 1. The Morgan fingerprint density at radius 2 is 2.20 bits per heavy atom. The Bertz CT molecular complexity index is 634. The first kappa shape index (κ1) is 13.3. The predicted octanol–water partition coefficient (Wildman–Crippen LogP) is 2.51. The Kier molecular flexibility index (Phi) is 3.56. The van der Waals surface area contributed by atoms with Crippen LogP contribution in [0, 0.1) is 0 Å². The molecule has 3 rings (SSSR count). The second-order valence-corrected chi connectivity index (χ2v) is 6.29. The second-order valence-electron chi connectivity index (χ2n) is 5.00. The number of thioether (sulfide) groups is 1. The van der Waals surface area contributed by atoms with E-state index < -0.39 is 0 Å². The standard InChI is InChI=1S/C14H17N3O2S/c1-9(13(18)17-6-2-3-7-17)20-14-16-11-8-10(15)4-5-12(11)19-14/h4-5,8-9H,2-3,6-7,15H2,1H3. The van der Waals surface area contributed by atoms with Crippen LogP contribution in [-0.2, 0) is 4.79 Å². The number of carbonyl (C=O) groups is 1. The lowest BCUT2D eigenvalue weighted by Gasteiger charge is -2.18. The van der Waals surface area contributed by atoms with Crippen molar-refractivity contribution >= 4 is 34.5 Å². The number of oxazole rings is 1. The average Bonchev–Trinajstić information content (AvgIpc) is 3.05. The molecule has 106 valence electrons. The Labute approximate surface area is 121 Å². The predicted molar refractivity (Wildman–Crippen MR) is 79.6 cm³/mol. The number of carbonyl (C=O) groups excluding carboxylic acids is 1. The molecule has 1 unspecified atom stereocenters. The Balaban J connectivity index is 1.73. The highest BCUT2D eigenvalue weighted by molar-refractivity contribution is 8.00. The summed E-state index contributed by atoms with van der Waals surface area (Å²) < 4.78 is 5.63. The van der Waals surface area contributed by atoms with E-state index in [0.717, 1.165) is 31.4 Å². The fraction of sp³-hybridized carbons (Fsp3) is 0.429. The first-order valence-corrected chi connectivity index (χ1v) is 7.63. The minimum absolute atomic E-state index is 0.161. The van der Waals surface area contributed by atoms with Crippen LogP contribution in [0.15, 0.2) is 27.8 Å². The van der Waals surface area contributed by atoms with Gasteiger partial charge in [0, 0.05) is 18.8 Å². The van der Waals surface area contributed by atoms with E-state index in [9.17, 15) is 4.79 Å². The Morgan fingerprint density at radius 3 is 2.95 bits per heavy atom. The number of anilines is 1. The molecule has 0 bridgehead atoms. The summed E-state index contributed by atoms with van der Waals surface area (Å²) in [4.78, 5) is 18.5. The molecular weight excluding hydrogens is 274 g/mol. The van der Waals surface area contributed by atoms with Gasteiger partial charge in [0.25, 0.3) is 5.22 Å². The average molecular weight is 291 g/mol. The third kappa shape index (κ3) is 2.60. The van der Waals surface area contributed by atoms with Crippen LogP contribution in [0.3, 0.4) is 0 Å². The van der Waals surface area contributed by atoms with Gasteiger partial charge >= 0.3 is 0 Å². The molecule has 20 heavy (non-hydrogen) atoms. The summed E-state index contributed by atoms with van der Waals surface area (Å²) >= 11 is 1.36. The van der Waals surface area contributed by atoms with E-state index in [4.69, 9.17) is 10.2 Å². The van der Waals surface area contributed by atoms with Crippen LogP contribution in [0.25, 0.3) is 11.1 Å². The van der Waals surface area contributed by atoms with E-state index in [1.807, 2.05) is 11.8 Å². The van der Waals surface area contributed by atoms with Crippen molar-refractivity contribution in [1.82, 2.24) is 9.88 Å². The van der Waals surface area contributed by atoms with Crippen LogP contribution in [-0.4, -0.2) is 34.1 Å². The molecule has 5 nitrogen and oxygen atoms in total. The van der Waals surface area contributed by atoms with E-state index in [0.29, 0.717) is 16.5 Å². The van der Waals surface area contributed by atoms with Gasteiger partial charge in [0.15, 0.2) is 5.58 Å². The lowest BCUT2D eigenvalue weighted by Crippen LogP contribution is -2.34. The number of nitrogens with two attached hydrogens (primary N) is 1. The van der Waals surface area contributed by atoms with Crippen molar-refractivity contribution < 1.29 is 9.21 Å². The van der Waals surface area contributed by atoms with Crippen LogP contribution in [0.5, 0.6) is 0 Å². The number of rotatable bonds is 3. The van der Waals surface area contributed by atoms with Crippen LogP contribution in [0.4, 0.5) is 5.69 Å². The minimum atomic E-state index is -0.182. The first-order valence-electron chi connectivity index (χ1n) is 6.75. The van der Waals surface area contributed by atoms with E-state index in [1.54, 1.807) is 18.2 Å². The van der Waals surface area contributed by atoms with Crippen molar-refractivity contribution in [2.45, 2.75) is 30.2 Å². The number of hydrogen-bond acceptors (Lipinski definition) is 5. The van der Waals surface area contributed by atoms with Crippen LogP contribution >= 0.6 is 11.8 Å². The fourth-order valence-electron chi connectivity index (χ4n) is 2.37. The second kappa shape index (κ2) is 5.36. The van der Waals surface area contributed by atoms with Crippen molar-refractivity contribution in [1.29, 1.82) is 0 Å². The van der Waals surface area contributed by atoms with Gasteiger partial charge in [0.05, 0.1) is 5.25 Å². The summed E-state index contributed by atoms with van der Waals surface area (Å²) in [6.45, 7) is 3.64. The van der Waals surface area contributed by atoms with Gasteiger partial charge in [-0.25, -0.2) is 4.98 Å². The molecule has 1 aromatic heterocycles. The number of nitrogens with zero attached hydrogens (tertiary/aromatic N) is 2. The summed E-state index contributed by atoms with van der Waals surface area (Å²) in [6.07, 6.45) is 2.20. The van der Waals surface area contributed by atoms with Gasteiger partial charge in [-0.1, -0.05) is 11.8 Å². The van der Waals surface area contributed by atoms with E-state index >= 15 is 0 Å². The zero-order valence-corrected chi connectivity index (χ0v) is 12.2. The van der Waals surface area contributed by atoms with Crippen molar-refractivity contribution in [3.8, 4) is 0 Å². The smallest absolute Gasteiger partial charge is 0.257 e. The van der Waals surface area contributed by atoms with Crippen molar-refractivity contribution in [2.75, 3.05) is 18.8 Å². The Morgan fingerprint density at radius 1 is 1.45 bits per heavy atom. The number of aromatic nitrogens is 1. The molecule has 1 aliphatic heterocycles. The van der Waals surface area contributed by atoms with Gasteiger partial charge in [0.1, 0.15) is 5.52 Å². The lowest BCUT2D eigenvalue weighted by atomic mass is 10.3. The molecule has 0 aliphatic carbocycles. The Hall–Kier alpha value is -1.69. The molecule has 0 radical (unpaired) electrons. The normalized spacial score (nSPS) is 16.8. The van der Waals surface area contributed by atoms with Gasteiger partial charge < -0.3 is 15.1 Å². The topological polar surface area (TPSA) is 72.4 Å². The van der Waals surface area contributed by atoms with Gasteiger partial charge in [-0.05, 0) is 38.0 Å². The van der Waals surface area contributed by atoms with Crippen molar-refractivity contribution in [2.24, 2.45) is 0 Å². The summed E-state index contributed by atoms with van der Waals surface area (Å²) in [5.41, 5.74) is 7.80. The molecule has 2 heterocycles. The fourth-order valence-corrected chi connectivity index (χ4v) is 3.21. The third-order valence-corrected chi connectivity index (χ3v) is 4.37. The summed E-state index contributed by atoms with van der Waals surface area (Å²) in [6, 6.07) is 5.35.